The second kappa shape index (κ2) is 8.18. The number of nitrogens with two attached hydrogens (primary N) is 1. The summed E-state index contributed by atoms with van der Waals surface area (Å²) < 4.78 is 26.5. The fourth-order valence-corrected chi connectivity index (χ4v) is 3.14. The van der Waals surface area contributed by atoms with Crippen molar-refractivity contribution in [1.29, 1.82) is 0 Å². The van der Waals surface area contributed by atoms with Crippen LogP contribution in [0, 0.1) is 18.6 Å². The van der Waals surface area contributed by atoms with Gasteiger partial charge in [0.05, 0.1) is 10.7 Å². The van der Waals surface area contributed by atoms with E-state index in [-0.39, 0.29) is 17.2 Å². The van der Waals surface area contributed by atoms with Crippen molar-refractivity contribution in [3.8, 4) is 0 Å². The molecular weight excluding hydrogens is 368 g/mol. The van der Waals surface area contributed by atoms with Gasteiger partial charge in [0.2, 0.25) is 0 Å². The molecule has 0 aliphatic rings. The molecule has 27 heavy (non-hydrogen) atoms. The molecule has 0 atom stereocenters. The minimum absolute atomic E-state index is 0.167. The van der Waals surface area contributed by atoms with E-state index in [0.717, 1.165) is 5.56 Å². The first kappa shape index (κ1) is 18.8. The van der Waals surface area contributed by atoms with Crippen LogP contribution in [-0.4, -0.2) is 10.9 Å². The first-order valence-electron chi connectivity index (χ1n) is 8.13. The lowest BCUT2D eigenvalue weighted by atomic mass is 10.1. The number of rotatable bonds is 5. The normalized spacial score (nSPS) is 10.6. The topological polar surface area (TPSA) is 68.0 Å². The molecular formula is C20H17F2N3OS. The van der Waals surface area contributed by atoms with E-state index in [1.165, 1.54) is 30.0 Å². The van der Waals surface area contributed by atoms with Crippen molar-refractivity contribution in [2.45, 2.75) is 17.7 Å². The Morgan fingerprint density at radius 3 is 2.52 bits per heavy atom. The molecule has 0 aliphatic carbocycles. The Labute approximate surface area is 159 Å². The van der Waals surface area contributed by atoms with Crippen LogP contribution in [0.4, 0.5) is 20.3 Å². The summed E-state index contributed by atoms with van der Waals surface area (Å²) in [5.41, 5.74) is 7.91. The number of carbonyl (C=O) groups excluding carboxylic acids is 1. The summed E-state index contributed by atoms with van der Waals surface area (Å²) in [6.45, 7) is 1.63. The Bertz CT molecular complexity index is 977. The molecule has 4 nitrogen and oxygen atoms in total. The molecule has 1 heterocycles. The molecule has 3 rings (SSSR count). The zero-order chi connectivity index (χ0) is 19.4. The van der Waals surface area contributed by atoms with Crippen molar-refractivity contribution in [1.82, 2.24) is 4.98 Å². The first-order chi connectivity index (χ1) is 12.9. The second-order valence-corrected chi connectivity index (χ2v) is 6.91. The molecule has 1 aromatic heterocycles. The summed E-state index contributed by atoms with van der Waals surface area (Å²) in [7, 11) is 0. The Morgan fingerprint density at radius 2 is 1.85 bits per heavy atom. The van der Waals surface area contributed by atoms with Gasteiger partial charge in [-0.25, -0.2) is 13.8 Å². The first-order valence-corrected chi connectivity index (χ1v) is 9.12. The number of anilines is 2. The zero-order valence-corrected chi connectivity index (χ0v) is 15.3. The number of halogens is 2. The van der Waals surface area contributed by atoms with Gasteiger partial charge in [-0.15, -0.1) is 11.8 Å². The van der Waals surface area contributed by atoms with Crippen LogP contribution in [0.5, 0.6) is 0 Å². The standard InChI is InChI=1S/C20H17F2N3OS/c1-12-2-5-14(10-16(12)22)20(26)24-17-8-9-18(25-19(17)23)27-11-13-3-6-15(21)7-4-13/h2-10H,11H2,1H3,(H2,23,25)(H,24,26). The van der Waals surface area contributed by atoms with Gasteiger partial charge in [0.15, 0.2) is 0 Å². The van der Waals surface area contributed by atoms with E-state index in [1.807, 2.05) is 0 Å². The highest BCUT2D eigenvalue weighted by Crippen LogP contribution is 2.26. The molecule has 0 fully saturated rings. The van der Waals surface area contributed by atoms with E-state index in [2.05, 4.69) is 10.3 Å². The lowest BCUT2D eigenvalue weighted by Crippen LogP contribution is -2.14. The van der Waals surface area contributed by atoms with E-state index in [4.69, 9.17) is 5.73 Å². The number of nitrogens with one attached hydrogen (secondary N) is 1. The van der Waals surface area contributed by atoms with Gasteiger partial charge in [0.25, 0.3) is 5.91 Å². The minimum atomic E-state index is -0.464. The van der Waals surface area contributed by atoms with Crippen LogP contribution < -0.4 is 11.1 Å². The molecule has 1 amide bonds. The van der Waals surface area contributed by atoms with Crippen LogP contribution in [-0.2, 0) is 5.75 Å². The molecule has 0 bridgehead atoms. The number of aromatic nitrogens is 1. The van der Waals surface area contributed by atoms with Crippen molar-refractivity contribution in [3.05, 3.63) is 82.9 Å². The molecule has 0 saturated carbocycles. The number of amides is 1. The summed E-state index contributed by atoms with van der Waals surface area (Å²) in [6, 6.07) is 13.9. The van der Waals surface area contributed by atoms with Gasteiger partial charge < -0.3 is 11.1 Å². The van der Waals surface area contributed by atoms with Crippen LogP contribution in [0.3, 0.4) is 0 Å². The highest BCUT2D eigenvalue weighted by atomic mass is 32.2. The van der Waals surface area contributed by atoms with Crippen molar-refractivity contribution < 1.29 is 13.6 Å². The number of thioether (sulfide) groups is 1. The maximum absolute atomic E-state index is 13.6. The van der Waals surface area contributed by atoms with Crippen LogP contribution in [0.2, 0.25) is 0 Å². The zero-order valence-electron chi connectivity index (χ0n) is 14.5. The number of hydrogen-bond donors (Lipinski definition) is 2. The fraction of sp³-hybridized carbons (Fsp3) is 0.100. The summed E-state index contributed by atoms with van der Waals surface area (Å²) in [6.07, 6.45) is 0. The van der Waals surface area contributed by atoms with E-state index >= 15 is 0 Å². The molecule has 0 aliphatic heterocycles. The molecule has 2 aromatic carbocycles. The highest BCUT2D eigenvalue weighted by molar-refractivity contribution is 7.98. The molecule has 7 heteroatoms. The number of benzene rings is 2. The van der Waals surface area contributed by atoms with Crippen LogP contribution in [0.25, 0.3) is 0 Å². The summed E-state index contributed by atoms with van der Waals surface area (Å²) >= 11 is 1.45. The maximum atomic E-state index is 13.6. The quantitative estimate of drug-likeness (QED) is 0.620. The monoisotopic (exact) mass is 385 g/mol. The minimum Gasteiger partial charge on any atom is -0.382 e. The van der Waals surface area contributed by atoms with Crippen LogP contribution in [0.1, 0.15) is 21.5 Å². The number of nitrogen functional groups attached to an aromatic ring is 1. The number of hydrogen-bond acceptors (Lipinski definition) is 4. The predicted octanol–water partition coefficient (Wildman–Crippen LogP) is 4.80. The van der Waals surface area contributed by atoms with Crippen molar-refractivity contribution >= 4 is 29.2 Å². The Morgan fingerprint density at radius 1 is 1.11 bits per heavy atom. The molecule has 3 aromatic rings. The molecule has 0 saturated heterocycles. The van der Waals surface area contributed by atoms with Crippen LogP contribution >= 0.6 is 11.8 Å². The Kier molecular flexibility index (Phi) is 5.71. The van der Waals surface area contributed by atoms with Gasteiger partial charge in [0.1, 0.15) is 17.5 Å². The number of aryl methyl sites for hydroxylation is 1. The van der Waals surface area contributed by atoms with Crippen molar-refractivity contribution in [3.63, 3.8) is 0 Å². The molecule has 0 radical (unpaired) electrons. The molecule has 138 valence electrons. The van der Waals surface area contributed by atoms with E-state index < -0.39 is 11.7 Å². The number of carbonyl (C=O) groups is 1. The van der Waals surface area contributed by atoms with Gasteiger partial charge in [-0.3, -0.25) is 4.79 Å². The molecule has 0 unspecified atom stereocenters. The Hall–Kier alpha value is -2.93. The Balaban J connectivity index is 1.66. The lowest BCUT2D eigenvalue weighted by Gasteiger charge is -2.10. The number of nitrogens with zero attached hydrogens (tertiary/aromatic N) is 1. The second-order valence-electron chi connectivity index (χ2n) is 5.92. The van der Waals surface area contributed by atoms with E-state index in [9.17, 15) is 13.6 Å². The van der Waals surface area contributed by atoms with Gasteiger partial charge >= 0.3 is 0 Å². The highest BCUT2D eigenvalue weighted by Gasteiger charge is 2.11. The van der Waals surface area contributed by atoms with Gasteiger partial charge in [-0.2, -0.15) is 0 Å². The average molecular weight is 385 g/mol. The number of pyridine rings is 1. The third-order valence-corrected chi connectivity index (χ3v) is 4.88. The molecule has 3 N–H and O–H groups in total. The average Bonchev–Trinajstić information content (AvgIpc) is 2.65. The summed E-state index contributed by atoms with van der Waals surface area (Å²) in [5.74, 6) is -0.406. The van der Waals surface area contributed by atoms with Gasteiger partial charge in [-0.1, -0.05) is 18.2 Å². The third kappa shape index (κ3) is 4.83. The van der Waals surface area contributed by atoms with Crippen molar-refractivity contribution in [2.24, 2.45) is 0 Å². The third-order valence-electron chi connectivity index (χ3n) is 3.88. The predicted molar refractivity (Wildman–Crippen MR) is 104 cm³/mol. The van der Waals surface area contributed by atoms with E-state index in [0.29, 0.717) is 22.0 Å². The van der Waals surface area contributed by atoms with Gasteiger partial charge in [0, 0.05) is 11.3 Å². The van der Waals surface area contributed by atoms with Crippen LogP contribution in [0.15, 0.2) is 59.6 Å². The maximum Gasteiger partial charge on any atom is 0.255 e. The largest absolute Gasteiger partial charge is 0.382 e. The molecule has 0 spiro atoms. The lowest BCUT2D eigenvalue weighted by molar-refractivity contribution is 0.102. The summed E-state index contributed by atoms with van der Waals surface area (Å²) in [5, 5.41) is 3.31. The van der Waals surface area contributed by atoms with Crippen molar-refractivity contribution in [2.75, 3.05) is 11.1 Å². The summed E-state index contributed by atoms with van der Waals surface area (Å²) in [4.78, 5) is 16.5. The fourth-order valence-electron chi connectivity index (χ4n) is 2.31. The SMILES string of the molecule is Cc1ccc(C(=O)Nc2ccc(SCc3ccc(F)cc3)nc2N)cc1F. The van der Waals surface area contributed by atoms with E-state index in [1.54, 1.807) is 43.3 Å². The van der Waals surface area contributed by atoms with Gasteiger partial charge in [-0.05, 0) is 54.4 Å². The smallest absolute Gasteiger partial charge is 0.255 e.